The van der Waals surface area contributed by atoms with E-state index in [2.05, 4.69) is 58.6 Å². The van der Waals surface area contributed by atoms with Gasteiger partial charge in [0, 0.05) is 24.5 Å². The molecule has 1 aliphatic heterocycles. The van der Waals surface area contributed by atoms with Gasteiger partial charge in [-0.1, -0.05) is 23.4 Å². The summed E-state index contributed by atoms with van der Waals surface area (Å²) in [6.07, 6.45) is 0. The molecule has 0 bridgehead atoms. The van der Waals surface area contributed by atoms with Gasteiger partial charge in [0.15, 0.2) is 5.82 Å². The largest absolute Gasteiger partial charge is 0.338 e. The number of nitrogens with one attached hydrogen (secondary N) is 1. The van der Waals surface area contributed by atoms with E-state index < -0.39 is 0 Å². The van der Waals surface area contributed by atoms with E-state index in [1.54, 1.807) is 11.8 Å². The Morgan fingerprint density at radius 3 is 3.00 bits per heavy atom. The Kier molecular flexibility index (Phi) is 6.26. The van der Waals surface area contributed by atoms with Crippen LogP contribution in [0.4, 0.5) is 0 Å². The van der Waals surface area contributed by atoms with Crippen molar-refractivity contribution in [2.24, 2.45) is 0 Å². The van der Waals surface area contributed by atoms with Gasteiger partial charge in [-0.05, 0) is 25.6 Å². The van der Waals surface area contributed by atoms with Gasteiger partial charge in [-0.15, -0.1) is 24.2 Å². The molecule has 2 heterocycles. The minimum Gasteiger partial charge on any atom is -0.338 e. The summed E-state index contributed by atoms with van der Waals surface area (Å²) < 4.78 is 5.39. The second-order valence-corrected chi connectivity index (χ2v) is 6.32. The van der Waals surface area contributed by atoms with Gasteiger partial charge in [-0.2, -0.15) is 4.98 Å². The number of hydrogen-bond acceptors (Lipinski definition) is 6. The van der Waals surface area contributed by atoms with E-state index in [0.29, 0.717) is 11.6 Å². The van der Waals surface area contributed by atoms with Crippen molar-refractivity contribution in [3.63, 3.8) is 0 Å². The first-order valence-electron chi connectivity index (χ1n) is 7.16. The molecule has 1 atom stereocenters. The Balaban J connectivity index is 0.00000176. The van der Waals surface area contributed by atoms with Crippen LogP contribution in [0.2, 0.25) is 0 Å². The number of likely N-dealkylation sites (N-methyl/N-ethyl adjacent to an activating group) is 1. The molecule has 0 aliphatic carbocycles. The fourth-order valence-corrected chi connectivity index (χ4v) is 3.28. The fourth-order valence-electron chi connectivity index (χ4n) is 2.41. The second kappa shape index (κ2) is 7.97. The van der Waals surface area contributed by atoms with E-state index in [1.807, 2.05) is 0 Å². The number of rotatable bonds is 4. The highest BCUT2D eigenvalue weighted by atomic mass is 35.5. The molecular weight excluding hydrogens is 320 g/mol. The molecule has 0 radical (unpaired) electrons. The molecule has 1 aromatic heterocycles. The van der Waals surface area contributed by atoms with Crippen LogP contribution in [0.3, 0.4) is 0 Å². The van der Waals surface area contributed by atoms with Gasteiger partial charge in [0.1, 0.15) is 0 Å². The van der Waals surface area contributed by atoms with Crippen LogP contribution >= 0.6 is 24.2 Å². The van der Waals surface area contributed by atoms with E-state index >= 15 is 0 Å². The van der Waals surface area contributed by atoms with Crippen molar-refractivity contribution in [3.05, 3.63) is 41.5 Å². The predicted octanol–water partition coefficient (Wildman–Crippen LogP) is 2.67. The molecule has 1 N–H and O–H groups in total. The van der Waals surface area contributed by atoms with Crippen molar-refractivity contribution < 1.29 is 4.52 Å². The number of hydrogen-bond donors (Lipinski definition) is 1. The number of thioether (sulfide) groups is 1. The molecule has 5 nitrogen and oxygen atoms in total. The molecule has 3 rings (SSSR count). The van der Waals surface area contributed by atoms with Crippen molar-refractivity contribution in [1.29, 1.82) is 0 Å². The van der Waals surface area contributed by atoms with Crippen LogP contribution in [0.25, 0.3) is 0 Å². The standard InChI is InChI=1S/C15H20N4OS.ClH/c1-11-5-3-4-6-13(11)21-10-14-17-15(18-20-14)12-9-16-7-8-19(12)2;/h3-6,12,16H,7-10H2,1-2H3;1H. The maximum absolute atomic E-state index is 5.39. The SMILES string of the molecule is Cc1ccccc1SCc1nc(C2CNCCN2C)no1.Cl. The molecule has 7 heteroatoms. The van der Waals surface area contributed by atoms with Crippen molar-refractivity contribution >= 4 is 24.2 Å². The second-order valence-electron chi connectivity index (χ2n) is 5.30. The molecular formula is C15H21ClN4OS. The Morgan fingerprint density at radius 1 is 1.41 bits per heavy atom. The zero-order valence-corrected chi connectivity index (χ0v) is 14.4. The van der Waals surface area contributed by atoms with E-state index in [4.69, 9.17) is 4.52 Å². The highest BCUT2D eigenvalue weighted by Crippen LogP contribution is 2.26. The molecule has 1 unspecified atom stereocenters. The normalized spacial score (nSPS) is 18.9. The highest BCUT2D eigenvalue weighted by Gasteiger charge is 2.25. The predicted molar refractivity (Wildman–Crippen MR) is 90.5 cm³/mol. The average molecular weight is 341 g/mol. The lowest BCUT2D eigenvalue weighted by Gasteiger charge is -2.30. The summed E-state index contributed by atoms with van der Waals surface area (Å²) in [5, 5.41) is 7.51. The Morgan fingerprint density at radius 2 is 2.23 bits per heavy atom. The zero-order valence-electron chi connectivity index (χ0n) is 12.8. The van der Waals surface area contributed by atoms with Gasteiger partial charge in [0.25, 0.3) is 0 Å². The Hall–Kier alpha value is -1.08. The number of aromatic nitrogens is 2. The minimum absolute atomic E-state index is 0. The van der Waals surface area contributed by atoms with Crippen LogP contribution < -0.4 is 5.32 Å². The first-order valence-corrected chi connectivity index (χ1v) is 8.14. The zero-order chi connectivity index (χ0) is 14.7. The third kappa shape index (κ3) is 4.01. The first-order chi connectivity index (χ1) is 10.2. The molecule has 120 valence electrons. The summed E-state index contributed by atoms with van der Waals surface area (Å²) in [6.45, 7) is 5.01. The van der Waals surface area contributed by atoms with Gasteiger partial charge in [0.05, 0.1) is 11.8 Å². The van der Waals surface area contributed by atoms with Gasteiger partial charge in [0.2, 0.25) is 5.89 Å². The van der Waals surface area contributed by atoms with E-state index in [9.17, 15) is 0 Å². The molecule has 1 fully saturated rings. The maximum atomic E-state index is 5.39. The van der Waals surface area contributed by atoms with Crippen LogP contribution in [0, 0.1) is 6.92 Å². The third-order valence-corrected chi connectivity index (χ3v) is 4.90. The van der Waals surface area contributed by atoms with E-state index in [1.165, 1.54) is 10.5 Å². The molecule has 1 aromatic carbocycles. The van der Waals surface area contributed by atoms with E-state index in [-0.39, 0.29) is 18.4 Å². The number of nitrogens with zero attached hydrogens (tertiary/aromatic N) is 3. The summed E-state index contributed by atoms with van der Waals surface area (Å²) in [5.41, 5.74) is 1.28. The van der Waals surface area contributed by atoms with Gasteiger partial charge < -0.3 is 9.84 Å². The summed E-state index contributed by atoms with van der Waals surface area (Å²) in [7, 11) is 2.10. The van der Waals surface area contributed by atoms with Crippen molar-refractivity contribution in [1.82, 2.24) is 20.4 Å². The topological polar surface area (TPSA) is 54.2 Å². The number of aryl methyl sites for hydroxylation is 1. The van der Waals surface area contributed by atoms with Gasteiger partial charge in [-0.3, -0.25) is 4.90 Å². The van der Waals surface area contributed by atoms with Crippen LogP contribution in [-0.4, -0.2) is 41.7 Å². The van der Waals surface area contributed by atoms with E-state index in [0.717, 1.165) is 25.5 Å². The summed E-state index contributed by atoms with van der Waals surface area (Å²) >= 11 is 1.74. The Bertz CT molecular complexity index is 607. The van der Waals surface area contributed by atoms with Crippen LogP contribution in [0.15, 0.2) is 33.7 Å². The van der Waals surface area contributed by atoms with Crippen LogP contribution in [0.1, 0.15) is 23.3 Å². The van der Waals surface area contributed by atoms with Crippen LogP contribution in [0.5, 0.6) is 0 Å². The van der Waals surface area contributed by atoms with Gasteiger partial charge >= 0.3 is 0 Å². The fraction of sp³-hybridized carbons (Fsp3) is 0.467. The summed E-state index contributed by atoms with van der Waals surface area (Å²) in [6, 6.07) is 8.55. The molecule has 0 spiro atoms. The lowest BCUT2D eigenvalue weighted by Crippen LogP contribution is -2.44. The van der Waals surface area contributed by atoms with Crippen molar-refractivity contribution in [2.75, 3.05) is 26.7 Å². The number of benzene rings is 1. The minimum atomic E-state index is 0. The molecule has 22 heavy (non-hydrogen) atoms. The lowest BCUT2D eigenvalue weighted by molar-refractivity contribution is 0.190. The maximum Gasteiger partial charge on any atom is 0.237 e. The molecule has 1 saturated heterocycles. The molecule has 0 saturated carbocycles. The molecule has 2 aromatic rings. The quantitative estimate of drug-likeness (QED) is 0.864. The smallest absolute Gasteiger partial charge is 0.237 e. The Labute approximate surface area is 141 Å². The van der Waals surface area contributed by atoms with Crippen LogP contribution in [-0.2, 0) is 5.75 Å². The lowest BCUT2D eigenvalue weighted by atomic mass is 10.2. The average Bonchev–Trinajstić information content (AvgIpc) is 2.96. The van der Waals surface area contributed by atoms with Crippen molar-refractivity contribution in [2.45, 2.75) is 23.6 Å². The summed E-state index contributed by atoms with van der Waals surface area (Å²) in [4.78, 5) is 8.07. The monoisotopic (exact) mass is 340 g/mol. The highest BCUT2D eigenvalue weighted by molar-refractivity contribution is 7.98. The third-order valence-electron chi connectivity index (χ3n) is 3.74. The van der Waals surface area contributed by atoms with Gasteiger partial charge in [-0.25, -0.2) is 0 Å². The van der Waals surface area contributed by atoms with Crippen molar-refractivity contribution in [3.8, 4) is 0 Å². The first kappa shape index (κ1) is 17.3. The summed E-state index contributed by atoms with van der Waals surface area (Å²) in [5.74, 6) is 2.18. The molecule has 0 amide bonds. The number of piperazine rings is 1. The molecule has 1 aliphatic rings. The number of halogens is 1.